The molecule has 0 fully saturated rings. The summed E-state index contributed by atoms with van der Waals surface area (Å²) < 4.78 is 1.69. The third-order valence-corrected chi connectivity index (χ3v) is 4.31. The molecule has 4 nitrogen and oxygen atoms in total. The van der Waals surface area contributed by atoms with Gasteiger partial charge in [-0.1, -0.05) is 40.6 Å². The standard InChI is InChI=1S/C12H6Cl2N2O2S/c13-7-2-1-6(3-8(7)14)9-4-16-5-10(11(17)18)19-12(16)15-9/h1-5H,(H,17,18). The van der Waals surface area contributed by atoms with E-state index < -0.39 is 5.97 Å². The molecule has 0 amide bonds. The van der Waals surface area contributed by atoms with Crippen LogP contribution in [0.4, 0.5) is 0 Å². The quantitative estimate of drug-likeness (QED) is 0.776. The zero-order valence-electron chi connectivity index (χ0n) is 9.30. The number of carbonyl (C=O) groups is 1. The van der Waals surface area contributed by atoms with Crippen LogP contribution in [0.25, 0.3) is 16.2 Å². The van der Waals surface area contributed by atoms with E-state index in [-0.39, 0.29) is 4.88 Å². The maximum absolute atomic E-state index is 10.8. The number of rotatable bonds is 2. The van der Waals surface area contributed by atoms with Gasteiger partial charge in [-0.05, 0) is 12.1 Å². The number of imidazole rings is 1. The Bertz CT molecular complexity index is 763. The van der Waals surface area contributed by atoms with Crippen molar-refractivity contribution in [2.24, 2.45) is 0 Å². The van der Waals surface area contributed by atoms with E-state index >= 15 is 0 Å². The highest BCUT2D eigenvalue weighted by molar-refractivity contribution is 7.18. The monoisotopic (exact) mass is 312 g/mol. The SMILES string of the molecule is O=C(O)c1cn2cc(-c3ccc(Cl)c(Cl)c3)nc2s1. The minimum atomic E-state index is -0.952. The van der Waals surface area contributed by atoms with Gasteiger partial charge in [-0.2, -0.15) is 0 Å². The number of thiazole rings is 1. The van der Waals surface area contributed by atoms with E-state index in [0.29, 0.717) is 15.0 Å². The number of halogens is 2. The minimum absolute atomic E-state index is 0.253. The Labute approximate surface area is 121 Å². The second kappa shape index (κ2) is 4.52. The van der Waals surface area contributed by atoms with E-state index in [1.54, 1.807) is 22.7 Å². The van der Waals surface area contributed by atoms with Crippen molar-refractivity contribution in [1.82, 2.24) is 9.38 Å². The molecule has 0 saturated heterocycles. The average Bonchev–Trinajstić information content (AvgIpc) is 2.90. The van der Waals surface area contributed by atoms with Gasteiger partial charge in [-0.3, -0.25) is 4.40 Å². The maximum atomic E-state index is 10.8. The van der Waals surface area contributed by atoms with Gasteiger partial charge in [-0.25, -0.2) is 9.78 Å². The number of hydrogen-bond acceptors (Lipinski definition) is 3. The predicted octanol–water partition coefficient (Wildman–Crippen LogP) is 4.07. The first-order chi connectivity index (χ1) is 9.04. The first kappa shape index (κ1) is 12.5. The van der Waals surface area contributed by atoms with Crippen LogP contribution in [-0.2, 0) is 0 Å². The molecule has 0 aliphatic rings. The minimum Gasteiger partial charge on any atom is -0.477 e. The number of hydrogen-bond donors (Lipinski definition) is 1. The highest BCUT2D eigenvalue weighted by atomic mass is 35.5. The molecule has 0 unspecified atom stereocenters. The third kappa shape index (κ3) is 2.20. The van der Waals surface area contributed by atoms with Gasteiger partial charge in [-0.15, -0.1) is 0 Å². The van der Waals surface area contributed by atoms with E-state index in [4.69, 9.17) is 28.3 Å². The summed E-state index contributed by atoms with van der Waals surface area (Å²) >= 11 is 12.9. The smallest absolute Gasteiger partial charge is 0.347 e. The number of fused-ring (bicyclic) bond motifs is 1. The molecule has 19 heavy (non-hydrogen) atoms. The second-order valence-corrected chi connectivity index (χ2v) is 5.67. The number of aromatic nitrogens is 2. The zero-order chi connectivity index (χ0) is 13.6. The number of benzene rings is 1. The highest BCUT2D eigenvalue weighted by Gasteiger charge is 2.12. The van der Waals surface area contributed by atoms with Gasteiger partial charge in [0.05, 0.1) is 15.7 Å². The highest BCUT2D eigenvalue weighted by Crippen LogP contribution is 2.29. The fourth-order valence-corrected chi connectivity index (χ4v) is 2.79. The van der Waals surface area contributed by atoms with Crippen molar-refractivity contribution in [3.63, 3.8) is 0 Å². The fourth-order valence-electron chi connectivity index (χ4n) is 1.69. The van der Waals surface area contributed by atoms with Gasteiger partial charge in [0.1, 0.15) is 4.88 Å². The van der Waals surface area contributed by atoms with E-state index in [9.17, 15) is 4.79 Å². The molecule has 1 aromatic carbocycles. The summed E-state index contributed by atoms with van der Waals surface area (Å²) in [7, 11) is 0. The fraction of sp³-hybridized carbons (Fsp3) is 0. The van der Waals surface area contributed by atoms with Crippen LogP contribution in [0.5, 0.6) is 0 Å². The summed E-state index contributed by atoms with van der Waals surface area (Å²) in [5.74, 6) is -0.952. The summed E-state index contributed by atoms with van der Waals surface area (Å²) in [5, 5.41) is 9.84. The Morgan fingerprint density at radius 3 is 2.68 bits per heavy atom. The Hall–Kier alpha value is -1.56. The first-order valence-corrected chi connectivity index (χ1v) is 6.79. The van der Waals surface area contributed by atoms with Crippen LogP contribution >= 0.6 is 34.5 Å². The molecule has 3 aromatic rings. The van der Waals surface area contributed by atoms with E-state index in [1.807, 2.05) is 6.07 Å². The molecule has 2 aromatic heterocycles. The molecule has 1 N–H and O–H groups in total. The van der Waals surface area contributed by atoms with Gasteiger partial charge in [0.2, 0.25) is 0 Å². The van der Waals surface area contributed by atoms with Gasteiger partial charge < -0.3 is 5.11 Å². The molecule has 0 atom stereocenters. The van der Waals surface area contributed by atoms with Crippen LogP contribution in [-0.4, -0.2) is 20.5 Å². The van der Waals surface area contributed by atoms with Crippen molar-refractivity contribution in [2.45, 2.75) is 0 Å². The van der Waals surface area contributed by atoms with Crippen molar-refractivity contribution in [3.8, 4) is 11.3 Å². The summed E-state index contributed by atoms with van der Waals surface area (Å²) in [6, 6.07) is 5.25. The molecule has 0 aliphatic carbocycles. The lowest BCUT2D eigenvalue weighted by Crippen LogP contribution is -1.90. The zero-order valence-corrected chi connectivity index (χ0v) is 11.6. The second-order valence-electron chi connectivity index (χ2n) is 3.85. The van der Waals surface area contributed by atoms with Crippen molar-refractivity contribution in [3.05, 3.63) is 45.5 Å². The van der Waals surface area contributed by atoms with Crippen molar-refractivity contribution < 1.29 is 9.90 Å². The molecule has 0 spiro atoms. The number of aromatic carboxylic acids is 1. The van der Waals surface area contributed by atoms with Gasteiger partial charge >= 0.3 is 5.97 Å². The van der Waals surface area contributed by atoms with Crippen molar-refractivity contribution in [2.75, 3.05) is 0 Å². The lowest BCUT2D eigenvalue weighted by molar-refractivity contribution is 0.0702. The van der Waals surface area contributed by atoms with E-state index in [0.717, 1.165) is 22.6 Å². The largest absolute Gasteiger partial charge is 0.477 e. The Morgan fingerprint density at radius 1 is 1.26 bits per heavy atom. The molecule has 96 valence electrons. The number of nitrogens with zero attached hydrogens (tertiary/aromatic N) is 2. The Morgan fingerprint density at radius 2 is 2.05 bits per heavy atom. The molecule has 0 saturated carbocycles. The van der Waals surface area contributed by atoms with Crippen molar-refractivity contribution >= 4 is 45.5 Å². The van der Waals surface area contributed by atoms with Crippen LogP contribution in [0.3, 0.4) is 0 Å². The number of carboxylic acid groups (broad SMARTS) is 1. The van der Waals surface area contributed by atoms with Crippen LogP contribution in [0.15, 0.2) is 30.6 Å². The summed E-state index contributed by atoms with van der Waals surface area (Å²) in [5.41, 5.74) is 1.56. The van der Waals surface area contributed by atoms with Crippen LogP contribution in [0.2, 0.25) is 10.0 Å². The molecule has 7 heteroatoms. The van der Waals surface area contributed by atoms with Gasteiger partial charge in [0, 0.05) is 18.0 Å². The molecule has 2 heterocycles. The van der Waals surface area contributed by atoms with Crippen LogP contribution in [0, 0.1) is 0 Å². The molecular formula is C12H6Cl2N2O2S. The third-order valence-electron chi connectivity index (χ3n) is 2.58. The van der Waals surface area contributed by atoms with Crippen LogP contribution < -0.4 is 0 Å². The average molecular weight is 313 g/mol. The first-order valence-electron chi connectivity index (χ1n) is 5.22. The topological polar surface area (TPSA) is 54.6 Å². The molecule has 3 rings (SSSR count). The normalized spacial score (nSPS) is 11.1. The van der Waals surface area contributed by atoms with E-state index in [2.05, 4.69) is 4.98 Å². The Balaban J connectivity index is 2.08. The van der Waals surface area contributed by atoms with Crippen LogP contribution in [0.1, 0.15) is 9.67 Å². The summed E-state index contributed by atoms with van der Waals surface area (Å²) in [6.07, 6.45) is 3.30. The summed E-state index contributed by atoms with van der Waals surface area (Å²) in [4.78, 5) is 16.1. The maximum Gasteiger partial charge on any atom is 0.347 e. The van der Waals surface area contributed by atoms with Crippen molar-refractivity contribution in [1.29, 1.82) is 0 Å². The van der Waals surface area contributed by atoms with E-state index in [1.165, 1.54) is 6.20 Å². The molecular weight excluding hydrogens is 307 g/mol. The lowest BCUT2D eigenvalue weighted by Gasteiger charge is -1.99. The Kier molecular flexibility index (Phi) is 2.97. The van der Waals surface area contributed by atoms with Gasteiger partial charge in [0.15, 0.2) is 4.96 Å². The lowest BCUT2D eigenvalue weighted by atomic mass is 10.2. The number of carboxylic acids is 1. The predicted molar refractivity (Wildman–Crippen MR) is 75.5 cm³/mol. The van der Waals surface area contributed by atoms with Gasteiger partial charge in [0.25, 0.3) is 0 Å². The molecule has 0 bridgehead atoms. The molecule has 0 aliphatic heterocycles. The molecule has 0 radical (unpaired) electrons. The summed E-state index contributed by atoms with van der Waals surface area (Å²) in [6.45, 7) is 0.